The van der Waals surface area contributed by atoms with E-state index in [4.69, 9.17) is 4.74 Å². The number of aliphatic hydroxyl groups excluding tert-OH is 2. The molecule has 5 N–H and O–H groups in total. The number of hydrogen-bond acceptors (Lipinski definition) is 8. The maximum absolute atomic E-state index is 14.5. The molecular formula is C33H36F4N4O5S. The molecule has 1 aliphatic heterocycles. The smallest absolute Gasteiger partial charge is 0.418 e. The molecule has 5 rings (SSSR count). The molecule has 4 aromatic rings. The Bertz CT molecular complexity index is 1770. The number of rotatable bonds is 10. The molecule has 4 atom stereocenters. The van der Waals surface area contributed by atoms with E-state index in [-0.39, 0.29) is 16.9 Å². The number of alkyl halides is 3. The van der Waals surface area contributed by atoms with Crippen LogP contribution >= 0.6 is 11.8 Å². The summed E-state index contributed by atoms with van der Waals surface area (Å²) in [5.41, 5.74) is -3.06. The summed E-state index contributed by atoms with van der Waals surface area (Å²) in [5, 5.41) is 41.7. The van der Waals surface area contributed by atoms with Crippen molar-refractivity contribution in [3.8, 4) is 11.4 Å². The third kappa shape index (κ3) is 7.05. The Labute approximate surface area is 272 Å². The molecule has 4 unspecified atom stereocenters. The zero-order valence-corrected chi connectivity index (χ0v) is 26.9. The van der Waals surface area contributed by atoms with Crippen LogP contribution in [0.1, 0.15) is 41.8 Å². The highest BCUT2D eigenvalue weighted by atomic mass is 32.2. The SMILES string of the molecule is COc1ccc(F)cc1C(C)(C)CC(O)(CNc1cc(C)cc2c1cnn2-c1cccc(C(=O)NC2C(O)CSC2O)c1)C(F)(F)F. The molecule has 1 saturated heterocycles. The van der Waals surface area contributed by atoms with Gasteiger partial charge < -0.3 is 30.7 Å². The van der Waals surface area contributed by atoms with Crippen LogP contribution in [-0.2, 0) is 5.41 Å². The second-order valence-electron chi connectivity index (χ2n) is 12.4. The van der Waals surface area contributed by atoms with Crippen molar-refractivity contribution in [2.45, 2.75) is 62.0 Å². The predicted molar refractivity (Wildman–Crippen MR) is 172 cm³/mol. The van der Waals surface area contributed by atoms with Gasteiger partial charge in [-0.05, 0) is 72.9 Å². The van der Waals surface area contributed by atoms with Crippen molar-refractivity contribution in [3.63, 3.8) is 0 Å². The minimum Gasteiger partial charge on any atom is -0.496 e. The predicted octanol–water partition coefficient (Wildman–Crippen LogP) is 5.08. The molecule has 1 aromatic heterocycles. The van der Waals surface area contributed by atoms with E-state index in [0.717, 1.165) is 23.9 Å². The standard InChI is InChI=1S/C33H36F4N4O5S/c1-18-10-24(38-17-32(45,33(35,36)37)16-31(2,3)23-13-20(34)8-9-27(23)46-4)22-14-39-41(25(22)11-18)21-7-5-6-19(12-21)29(43)40-28-26(42)15-47-30(28)44/h5-14,26,28,30,38,42,44-45H,15-17H2,1-4H3,(H,40,43). The van der Waals surface area contributed by atoms with Gasteiger partial charge in [-0.15, -0.1) is 11.8 Å². The Hall–Kier alpha value is -3.85. The van der Waals surface area contributed by atoms with Crippen LogP contribution in [0.15, 0.2) is 60.8 Å². The van der Waals surface area contributed by atoms with Gasteiger partial charge in [-0.1, -0.05) is 19.9 Å². The Kier molecular flexibility index (Phi) is 9.52. The molecule has 252 valence electrons. The first-order valence-corrected chi connectivity index (χ1v) is 15.8. The molecule has 1 aliphatic rings. The lowest BCUT2D eigenvalue weighted by molar-refractivity contribution is -0.260. The summed E-state index contributed by atoms with van der Waals surface area (Å²) < 4.78 is 64.5. The van der Waals surface area contributed by atoms with Crippen LogP contribution in [-0.4, -0.2) is 79.8 Å². The second kappa shape index (κ2) is 13.0. The average Bonchev–Trinajstić information content (AvgIpc) is 3.57. The number of carbonyl (C=O) groups excluding carboxylic acids is 1. The molecule has 0 aliphatic carbocycles. The highest BCUT2D eigenvalue weighted by molar-refractivity contribution is 8.00. The Morgan fingerprint density at radius 1 is 1.13 bits per heavy atom. The van der Waals surface area contributed by atoms with E-state index >= 15 is 0 Å². The van der Waals surface area contributed by atoms with Crippen molar-refractivity contribution in [1.82, 2.24) is 15.1 Å². The molecule has 47 heavy (non-hydrogen) atoms. The van der Waals surface area contributed by atoms with Crippen molar-refractivity contribution in [2.75, 3.05) is 24.7 Å². The first-order chi connectivity index (χ1) is 22.0. The summed E-state index contributed by atoms with van der Waals surface area (Å²) in [6.07, 6.45) is -5.26. The Morgan fingerprint density at radius 2 is 1.87 bits per heavy atom. The molecule has 9 nitrogen and oxygen atoms in total. The van der Waals surface area contributed by atoms with Crippen molar-refractivity contribution in [2.24, 2.45) is 0 Å². The summed E-state index contributed by atoms with van der Waals surface area (Å²) in [4.78, 5) is 13.0. The van der Waals surface area contributed by atoms with Crippen LogP contribution < -0.4 is 15.4 Å². The zero-order chi connectivity index (χ0) is 34.3. The number of aliphatic hydroxyl groups is 3. The number of benzene rings is 3. The molecule has 14 heteroatoms. The summed E-state index contributed by atoms with van der Waals surface area (Å²) in [7, 11) is 1.34. The number of anilines is 1. The van der Waals surface area contributed by atoms with Crippen LogP contribution in [0.5, 0.6) is 5.75 Å². The lowest BCUT2D eigenvalue weighted by atomic mass is 9.74. The van der Waals surface area contributed by atoms with E-state index < -0.39 is 59.5 Å². The minimum absolute atomic E-state index is 0.187. The lowest BCUT2D eigenvalue weighted by Crippen LogP contribution is -2.53. The third-order valence-corrected chi connectivity index (χ3v) is 9.54. The van der Waals surface area contributed by atoms with Gasteiger partial charge in [0.25, 0.3) is 5.91 Å². The van der Waals surface area contributed by atoms with Gasteiger partial charge in [-0.25, -0.2) is 9.07 Å². The topological polar surface area (TPSA) is 129 Å². The van der Waals surface area contributed by atoms with Gasteiger partial charge in [0.05, 0.1) is 43.2 Å². The molecule has 1 amide bonds. The first-order valence-electron chi connectivity index (χ1n) is 14.8. The van der Waals surface area contributed by atoms with Gasteiger partial charge in [-0.3, -0.25) is 4.79 Å². The van der Waals surface area contributed by atoms with Crippen LogP contribution in [0.3, 0.4) is 0 Å². The van der Waals surface area contributed by atoms with Crippen LogP contribution in [0.2, 0.25) is 0 Å². The van der Waals surface area contributed by atoms with Gasteiger partial charge in [-0.2, -0.15) is 18.3 Å². The highest BCUT2D eigenvalue weighted by Crippen LogP contribution is 2.44. The monoisotopic (exact) mass is 676 g/mol. The Balaban J connectivity index is 1.42. The molecule has 3 aromatic carbocycles. The van der Waals surface area contributed by atoms with E-state index in [1.54, 1.807) is 43.3 Å². The summed E-state index contributed by atoms with van der Waals surface area (Å²) >= 11 is 1.14. The van der Waals surface area contributed by atoms with Gasteiger partial charge >= 0.3 is 6.18 Å². The summed E-state index contributed by atoms with van der Waals surface area (Å²) in [6.45, 7) is 3.83. The second-order valence-corrected chi connectivity index (χ2v) is 13.6. The van der Waals surface area contributed by atoms with Crippen LogP contribution in [0, 0.1) is 12.7 Å². The van der Waals surface area contributed by atoms with Gasteiger partial charge in [0.2, 0.25) is 0 Å². The fraction of sp³-hybridized carbons (Fsp3) is 0.394. The van der Waals surface area contributed by atoms with Crippen molar-refractivity contribution >= 4 is 34.3 Å². The van der Waals surface area contributed by atoms with Gasteiger partial charge in [0, 0.05) is 28.0 Å². The number of methoxy groups -OCH3 is 1. The number of amides is 1. The number of aromatic nitrogens is 2. The Morgan fingerprint density at radius 3 is 2.53 bits per heavy atom. The number of fused-ring (bicyclic) bond motifs is 1. The number of nitrogens with zero attached hydrogens (tertiary/aromatic N) is 2. The molecule has 0 spiro atoms. The molecule has 0 saturated carbocycles. The maximum Gasteiger partial charge on any atom is 0.418 e. The first kappa shape index (κ1) is 34.5. The maximum atomic E-state index is 14.5. The lowest BCUT2D eigenvalue weighted by Gasteiger charge is -2.38. The van der Waals surface area contributed by atoms with E-state index in [9.17, 15) is 37.7 Å². The summed E-state index contributed by atoms with van der Waals surface area (Å²) in [5.74, 6) is -0.645. The fourth-order valence-electron chi connectivity index (χ4n) is 5.93. The van der Waals surface area contributed by atoms with Gasteiger partial charge in [0.1, 0.15) is 17.0 Å². The van der Waals surface area contributed by atoms with E-state index in [2.05, 4.69) is 15.7 Å². The molecule has 0 bridgehead atoms. The third-order valence-electron chi connectivity index (χ3n) is 8.37. The van der Waals surface area contributed by atoms with Crippen LogP contribution in [0.25, 0.3) is 16.6 Å². The molecule has 2 heterocycles. The van der Waals surface area contributed by atoms with E-state index in [1.165, 1.54) is 37.9 Å². The molecule has 0 radical (unpaired) electrons. The highest BCUT2D eigenvalue weighted by Gasteiger charge is 2.56. The van der Waals surface area contributed by atoms with Crippen molar-refractivity contribution in [3.05, 3.63) is 83.3 Å². The fourth-order valence-corrected chi connectivity index (χ4v) is 6.99. The van der Waals surface area contributed by atoms with E-state index in [0.29, 0.717) is 33.6 Å². The summed E-state index contributed by atoms with van der Waals surface area (Å²) in [6, 6.07) is 12.7. The van der Waals surface area contributed by atoms with Gasteiger partial charge in [0.15, 0.2) is 5.60 Å². The van der Waals surface area contributed by atoms with Crippen LogP contribution in [0.4, 0.5) is 23.2 Å². The number of halogens is 4. The molecule has 1 fully saturated rings. The van der Waals surface area contributed by atoms with Crippen molar-refractivity contribution in [1.29, 1.82) is 0 Å². The zero-order valence-electron chi connectivity index (χ0n) is 26.1. The number of ether oxygens (including phenoxy) is 1. The normalized spacial score (nSPS) is 19.9. The number of aryl methyl sites for hydroxylation is 1. The molecular weight excluding hydrogens is 640 g/mol. The number of carbonyl (C=O) groups is 1. The number of hydrogen-bond donors (Lipinski definition) is 5. The average molecular weight is 677 g/mol. The minimum atomic E-state index is -5.05. The largest absolute Gasteiger partial charge is 0.496 e. The quantitative estimate of drug-likeness (QED) is 0.147. The number of thioether (sulfide) groups is 1. The van der Waals surface area contributed by atoms with Crippen molar-refractivity contribution < 1.29 is 42.4 Å². The van der Waals surface area contributed by atoms with E-state index in [1.807, 2.05) is 0 Å². The number of nitrogens with one attached hydrogen (secondary N) is 2.